The van der Waals surface area contributed by atoms with Gasteiger partial charge in [-0.2, -0.15) is 0 Å². The normalized spacial score (nSPS) is 10.6. The number of hydrogen-bond donors (Lipinski definition) is 2. The van der Waals surface area contributed by atoms with Crippen LogP contribution in [0.1, 0.15) is 29.8 Å². The van der Waals surface area contributed by atoms with E-state index < -0.39 is 0 Å². The summed E-state index contributed by atoms with van der Waals surface area (Å²) >= 11 is 1.44. The van der Waals surface area contributed by atoms with Gasteiger partial charge in [0.1, 0.15) is 10.8 Å². The Labute approximate surface area is 168 Å². The fourth-order valence-electron chi connectivity index (χ4n) is 2.73. The lowest BCUT2D eigenvalue weighted by Gasteiger charge is -2.05. The number of rotatable bonds is 10. The number of nitrogens with zero attached hydrogens (tertiary/aromatic N) is 2. The Morgan fingerprint density at radius 1 is 0.964 bits per heavy atom. The molecule has 0 saturated heterocycles. The number of anilines is 2. The Morgan fingerprint density at radius 2 is 1.75 bits per heavy atom. The van der Waals surface area contributed by atoms with Crippen molar-refractivity contribution in [2.75, 3.05) is 11.9 Å². The number of aromatic nitrogens is 2. The summed E-state index contributed by atoms with van der Waals surface area (Å²) in [5, 5.41) is 15.6. The predicted molar refractivity (Wildman–Crippen MR) is 110 cm³/mol. The number of halogens is 1. The predicted octanol–water partition coefficient (Wildman–Crippen LogP) is 4.49. The van der Waals surface area contributed by atoms with Gasteiger partial charge >= 0.3 is 0 Å². The Hall–Kier alpha value is -2.80. The van der Waals surface area contributed by atoms with Gasteiger partial charge in [-0.25, -0.2) is 4.39 Å². The van der Waals surface area contributed by atoms with Crippen molar-refractivity contribution >= 4 is 28.1 Å². The van der Waals surface area contributed by atoms with Crippen LogP contribution in [0.5, 0.6) is 0 Å². The molecule has 1 aromatic heterocycles. The van der Waals surface area contributed by atoms with Gasteiger partial charge in [0, 0.05) is 13.0 Å². The van der Waals surface area contributed by atoms with Crippen molar-refractivity contribution in [3.05, 3.63) is 71.0 Å². The van der Waals surface area contributed by atoms with Crippen LogP contribution in [0.4, 0.5) is 15.2 Å². The minimum Gasteiger partial charge on any atom is -0.356 e. The van der Waals surface area contributed by atoms with Gasteiger partial charge in [-0.15, -0.1) is 10.2 Å². The van der Waals surface area contributed by atoms with Crippen molar-refractivity contribution in [2.24, 2.45) is 0 Å². The number of carbonyl (C=O) groups excluding carboxylic acids is 1. The number of amides is 1. The number of para-hydroxylation sites is 1. The summed E-state index contributed by atoms with van der Waals surface area (Å²) in [4.78, 5) is 11.9. The Kier molecular flexibility index (Phi) is 7.49. The third-order valence-electron chi connectivity index (χ3n) is 4.18. The maximum absolute atomic E-state index is 13.6. The van der Waals surface area contributed by atoms with Crippen LogP contribution in [0, 0.1) is 5.82 Å². The third kappa shape index (κ3) is 6.42. The Bertz CT molecular complexity index is 885. The minimum absolute atomic E-state index is 0.0548. The zero-order chi connectivity index (χ0) is 19.6. The molecule has 1 heterocycles. The average molecular weight is 399 g/mol. The van der Waals surface area contributed by atoms with Crippen LogP contribution in [-0.4, -0.2) is 22.6 Å². The highest BCUT2D eigenvalue weighted by Crippen LogP contribution is 2.23. The zero-order valence-electron chi connectivity index (χ0n) is 15.5. The minimum atomic E-state index is -0.312. The van der Waals surface area contributed by atoms with E-state index >= 15 is 0 Å². The highest BCUT2D eigenvalue weighted by Gasteiger charge is 2.07. The molecule has 2 aromatic carbocycles. The molecule has 3 aromatic rings. The van der Waals surface area contributed by atoms with Crippen molar-refractivity contribution in [1.29, 1.82) is 0 Å². The average Bonchev–Trinajstić information content (AvgIpc) is 3.14. The summed E-state index contributed by atoms with van der Waals surface area (Å²) in [7, 11) is 0. The number of hydrogen-bond acceptors (Lipinski definition) is 5. The van der Waals surface area contributed by atoms with Crippen LogP contribution in [0.15, 0.2) is 54.6 Å². The van der Waals surface area contributed by atoms with Crippen LogP contribution in [0.25, 0.3) is 0 Å². The van der Waals surface area contributed by atoms with Crippen LogP contribution in [0.3, 0.4) is 0 Å². The summed E-state index contributed by atoms with van der Waals surface area (Å²) in [5.41, 5.74) is 1.42. The number of aryl methyl sites for hydroxylation is 1. The second kappa shape index (κ2) is 10.5. The first kappa shape index (κ1) is 19.9. The highest BCUT2D eigenvalue weighted by molar-refractivity contribution is 7.15. The molecular formula is C21H23FN4OS. The number of benzene rings is 2. The largest absolute Gasteiger partial charge is 0.356 e. The van der Waals surface area contributed by atoms with Gasteiger partial charge in [-0.05, 0) is 30.5 Å². The molecule has 0 spiro atoms. The molecule has 0 bridgehead atoms. The first-order valence-electron chi connectivity index (χ1n) is 9.35. The first-order chi connectivity index (χ1) is 13.7. The second-order valence-corrected chi connectivity index (χ2v) is 7.49. The molecule has 0 saturated carbocycles. The summed E-state index contributed by atoms with van der Waals surface area (Å²) in [6.07, 6.45) is 4.15. The molecule has 0 atom stereocenters. The maximum Gasteiger partial charge on any atom is 0.224 e. The molecule has 3 rings (SSSR count). The molecule has 0 unspecified atom stereocenters. The van der Waals surface area contributed by atoms with E-state index in [0.29, 0.717) is 23.8 Å². The molecule has 28 heavy (non-hydrogen) atoms. The monoisotopic (exact) mass is 398 g/mol. The van der Waals surface area contributed by atoms with Gasteiger partial charge in [0.2, 0.25) is 11.0 Å². The van der Waals surface area contributed by atoms with Gasteiger partial charge in [-0.3, -0.25) is 4.79 Å². The van der Waals surface area contributed by atoms with E-state index in [1.54, 1.807) is 18.2 Å². The van der Waals surface area contributed by atoms with Gasteiger partial charge in [0.15, 0.2) is 0 Å². The highest BCUT2D eigenvalue weighted by atomic mass is 32.1. The van der Waals surface area contributed by atoms with Crippen LogP contribution >= 0.6 is 11.3 Å². The zero-order valence-corrected chi connectivity index (χ0v) is 16.3. The second-order valence-electron chi connectivity index (χ2n) is 6.43. The van der Waals surface area contributed by atoms with Crippen molar-refractivity contribution < 1.29 is 9.18 Å². The number of carbonyl (C=O) groups is 1. The quantitative estimate of drug-likeness (QED) is 0.494. The summed E-state index contributed by atoms with van der Waals surface area (Å²) in [6, 6.07) is 16.2. The smallest absolute Gasteiger partial charge is 0.224 e. The third-order valence-corrected chi connectivity index (χ3v) is 5.08. The molecule has 2 N–H and O–H groups in total. The van der Waals surface area contributed by atoms with E-state index in [-0.39, 0.29) is 11.7 Å². The van der Waals surface area contributed by atoms with E-state index in [9.17, 15) is 9.18 Å². The standard InChI is InChI=1S/C21H23FN4OS/c22-17-11-6-7-12-18(17)24-21-26-25-20(28-21)13-5-2-8-14-23-19(27)15-16-9-3-1-4-10-16/h1,3-4,6-7,9-12H,2,5,8,13-15H2,(H,23,27)(H,24,26). The molecule has 5 nitrogen and oxygen atoms in total. The first-order valence-corrected chi connectivity index (χ1v) is 10.2. The molecule has 1 amide bonds. The van der Waals surface area contributed by atoms with Crippen LogP contribution < -0.4 is 10.6 Å². The molecule has 0 aliphatic carbocycles. The topological polar surface area (TPSA) is 66.9 Å². The van der Waals surface area contributed by atoms with Gasteiger partial charge in [0.25, 0.3) is 0 Å². The van der Waals surface area contributed by atoms with Crippen molar-refractivity contribution in [3.63, 3.8) is 0 Å². The van der Waals surface area contributed by atoms with Crippen molar-refractivity contribution in [1.82, 2.24) is 15.5 Å². The lowest BCUT2D eigenvalue weighted by molar-refractivity contribution is -0.120. The van der Waals surface area contributed by atoms with Crippen molar-refractivity contribution in [2.45, 2.75) is 32.1 Å². The molecule has 7 heteroatoms. The number of nitrogens with one attached hydrogen (secondary N) is 2. The molecular weight excluding hydrogens is 375 g/mol. The lowest BCUT2D eigenvalue weighted by Crippen LogP contribution is -2.26. The van der Waals surface area contributed by atoms with Crippen LogP contribution in [0.2, 0.25) is 0 Å². The number of unbranched alkanes of at least 4 members (excludes halogenated alkanes) is 2. The summed E-state index contributed by atoms with van der Waals surface area (Å²) in [6.45, 7) is 0.682. The van der Waals surface area contributed by atoms with Gasteiger partial charge in [-0.1, -0.05) is 60.2 Å². The molecule has 0 aliphatic heterocycles. The molecule has 0 fully saturated rings. The molecule has 146 valence electrons. The van der Waals surface area contributed by atoms with E-state index in [0.717, 1.165) is 36.3 Å². The molecule has 0 aliphatic rings. The van der Waals surface area contributed by atoms with E-state index in [1.165, 1.54) is 17.4 Å². The molecule has 0 radical (unpaired) electrons. The Balaban J connectivity index is 1.30. The SMILES string of the molecule is O=C(Cc1ccccc1)NCCCCCc1nnc(Nc2ccccc2F)s1. The fourth-order valence-corrected chi connectivity index (χ4v) is 3.53. The summed E-state index contributed by atoms with van der Waals surface area (Å²) in [5.74, 6) is -0.257. The van der Waals surface area contributed by atoms with E-state index in [4.69, 9.17) is 0 Å². The van der Waals surface area contributed by atoms with Gasteiger partial charge < -0.3 is 10.6 Å². The van der Waals surface area contributed by atoms with Crippen molar-refractivity contribution in [3.8, 4) is 0 Å². The van der Waals surface area contributed by atoms with Crippen LogP contribution in [-0.2, 0) is 17.6 Å². The lowest BCUT2D eigenvalue weighted by atomic mass is 10.1. The van der Waals surface area contributed by atoms with E-state index in [2.05, 4.69) is 20.8 Å². The van der Waals surface area contributed by atoms with E-state index in [1.807, 2.05) is 30.3 Å². The Morgan fingerprint density at radius 3 is 2.57 bits per heavy atom. The van der Waals surface area contributed by atoms with Gasteiger partial charge in [0.05, 0.1) is 12.1 Å². The summed E-state index contributed by atoms with van der Waals surface area (Å²) < 4.78 is 13.6. The maximum atomic E-state index is 13.6. The fraction of sp³-hybridized carbons (Fsp3) is 0.286.